The molecule has 0 atom stereocenters. The second-order valence-corrected chi connectivity index (χ2v) is 3.90. The number of hydrogen-bond donors (Lipinski definition) is 2. The van der Waals surface area contributed by atoms with Crippen molar-refractivity contribution < 1.29 is 14.3 Å². The average Bonchev–Trinajstić information content (AvgIpc) is 2.91. The molecule has 0 aliphatic heterocycles. The van der Waals surface area contributed by atoms with E-state index in [4.69, 9.17) is 14.3 Å². The third kappa shape index (κ3) is 5.34. The Labute approximate surface area is 118 Å². The largest absolute Gasteiger partial charge is 0.491 e. The first-order chi connectivity index (χ1) is 8.88. The molecule has 5 heteroatoms. The van der Waals surface area contributed by atoms with Gasteiger partial charge in [0.1, 0.15) is 18.1 Å². The predicted octanol–water partition coefficient (Wildman–Crippen LogP) is 2.36. The maximum Gasteiger partial charge on any atom is 0.119 e. The Kier molecular flexibility index (Phi) is 7.03. The summed E-state index contributed by atoms with van der Waals surface area (Å²) in [5.74, 6) is 1.71. The van der Waals surface area contributed by atoms with Crippen LogP contribution in [0.25, 0.3) is 0 Å². The number of halogens is 1. The third-order valence-electron chi connectivity index (χ3n) is 2.49. The van der Waals surface area contributed by atoms with Crippen molar-refractivity contribution in [3.8, 4) is 5.75 Å². The smallest absolute Gasteiger partial charge is 0.119 e. The molecule has 1 aromatic heterocycles. The molecule has 19 heavy (non-hydrogen) atoms. The van der Waals surface area contributed by atoms with E-state index < -0.39 is 0 Å². The standard InChI is InChI=1S/C14H17NO3.ClH/c16-7-9-18-13-5-3-12(4-6-13)10-15-11-14-2-1-8-17-14;/h1-6,8,15-16H,7,9-11H2;1H. The van der Waals surface area contributed by atoms with E-state index in [1.807, 2.05) is 36.4 Å². The Bertz CT molecular complexity index is 442. The summed E-state index contributed by atoms with van der Waals surface area (Å²) in [6.45, 7) is 1.86. The van der Waals surface area contributed by atoms with Crippen molar-refractivity contribution >= 4 is 12.4 Å². The normalized spacial score (nSPS) is 9.95. The van der Waals surface area contributed by atoms with E-state index in [0.29, 0.717) is 6.61 Å². The first-order valence-electron chi connectivity index (χ1n) is 5.94. The first-order valence-corrected chi connectivity index (χ1v) is 5.94. The topological polar surface area (TPSA) is 54.6 Å². The van der Waals surface area contributed by atoms with Crippen molar-refractivity contribution in [2.24, 2.45) is 0 Å². The molecular weight excluding hydrogens is 266 g/mol. The third-order valence-corrected chi connectivity index (χ3v) is 2.49. The number of benzene rings is 1. The van der Waals surface area contributed by atoms with Gasteiger partial charge in [0.15, 0.2) is 0 Å². The van der Waals surface area contributed by atoms with Crippen LogP contribution in [0.3, 0.4) is 0 Å². The molecule has 2 N–H and O–H groups in total. The number of aliphatic hydroxyl groups excluding tert-OH is 1. The van der Waals surface area contributed by atoms with Gasteiger partial charge in [-0.3, -0.25) is 0 Å². The van der Waals surface area contributed by atoms with Gasteiger partial charge in [-0.2, -0.15) is 0 Å². The molecule has 0 bridgehead atoms. The van der Waals surface area contributed by atoms with E-state index in [-0.39, 0.29) is 19.0 Å². The summed E-state index contributed by atoms with van der Waals surface area (Å²) in [5.41, 5.74) is 1.18. The van der Waals surface area contributed by atoms with Crippen LogP contribution in [0.1, 0.15) is 11.3 Å². The molecule has 0 aliphatic carbocycles. The van der Waals surface area contributed by atoms with Gasteiger partial charge in [0.05, 0.1) is 19.4 Å². The highest BCUT2D eigenvalue weighted by molar-refractivity contribution is 5.85. The fourth-order valence-electron chi connectivity index (χ4n) is 1.61. The van der Waals surface area contributed by atoms with Crippen molar-refractivity contribution in [3.05, 3.63) is 54.0 Å². The minimum absolute atomic E-state index is 0. The number of furan rings is 1. The fourth-order valence-corrected chi connectivity index (χ4v) is 1.61. The molecule has 4 nitrogen and oxygen atoms in total. The van der Waals surface area contributed by atoms with Gasteiger partial charge in [-0.25, -0.2) is 0 Å². The molecule has 0 aliphatic rings. The monoisotopic (exact) mass is 283 g/mol. The van der Waals surface area contributed by atoms with Crippen LogP contribution >= 0.6 is 12.4 Å². The van der Waals surface area contributed by atoms with Crippen LogP contribution in [0.5, 0.6) is 5.75 Å². The Morgan fingerprint density at radius 3 is 2.53 bits per heavy atom. The van der Waals surface area contributed by atoms with Gasteiger partial charge in [-0.15, -0.1) is 12.4 Å². The number of ether oxygens (including phenoxy) is 1. The summed E-state index contributed by atoms with van der Waals surface area (Å²) in [6, 6.07) is 11.6. The number of aliphatic hydroxyl groups is 1. The van der Waals surface area contributed by atoms with Crippen molar-refractivity contribution in [2.45, 2.75) is 13.1 Å². The quantitative estimate of drug-likeness (QED) is 0.819. The fraction of sp³-hybridized carbons (Fsp3) is 0.286. The highest BCUT2D eigenvalue weighted by atomic mass is 35.5. The molecule has 0 amide bonds. The van der Waals surface area contributed by atoms with E-state index >= 15 is 0 Å². The molecule has 1 aromatic carbocycles. The molecule has 0 unspecified atom stereocenters. The van der Waals surface area contributed by atoms with Crippen LogP contribution in [0, 0.1) is 0 Å². The summed E-state index contributed by atoms with van der Waals surface area (Å²) in [4.78, 5) is 0. The van der Waals surface area contributed by atoms with Gasteiger partial charge in [0.2, 0.25) is 0 Å². The molecule has 0 saturated heterocycles. The van der Waals surface area contributed by atoms with Crippen LogP contribution in [-0.2, 0) is 13.1 Å². The maximum absolute atomic E-state index is 8.64. The van der Waals surface area contributed by atoms with E-state index in [1.165, 1.54) is 5.56 Å². The van der Waals surface area contributed by atoms with Crippen molar-refractivity contribution in [1.29, 1.82) is 0 Å². The molecule has 2 rings (SSSR count). The maximum atomic E-state index is 8.64. The number of hydrogen-bond acceptors (Lipinski definition) is 4. The highest BCUT2D eigenvalue weighted by Crippen LogP contribution is 2.12. The molecule has 1 heterocycles. The lowest BCUT2D eigenvalue weighted by atomic mass is 10.2. The minimum atomic E-state index is 0. The van der Waals surface area contributed by atoms with Crippen LogP contribution in [0.15, 0.2) is 47.1 Å². The van der Waals surface area contributed by atoms with Gasteiger partial charge < -0.3 is 19.6 Å². The van der Waals surface area contributed by atoms with Crippen LogP contribution < -0.4 is 10.1 Å². The van der Waals surface area contributed by atoms with Crippen LogP contribution in [-0.4, -0.2) is 18.3 Å². The molecule has 0 fully saturated rings. The predicted molar refractivity (Wildman–Crippen MR) is 75.5 cm³/mol. The van der Waals surface area contributed by atoms with E-state index in [1.54, 1.807) is 6.26 Å². The summed E-state index contributed by atoms with van der Waals surface area (Å²) in [7, 11) is 0. The Morgan fingerprint density at radius 2 is 1.89 bits per heavy atom. The number of nitrogens with one attached hydrogen (secondary N) is 1. The minimum Gasteiger partial charge on any atom is -0.491 e. The van der Waals surface area contributed by atoms with Crippen LogP contribution in [0.2, 0.25) is 0 Å². The SMILES string of the molecule is Cl.OCCOc1ccc(CNCc2ccco2)cc1. The van der Waals surface area contributed by atoms with Crippen LogP contribution in [0.4, 0.5) is 0 Å². The Balaban J connectivity index is 0.00000180. The number of rotatable bonds is 7. The van der Waals surface area contributed by atoms with E-state index in [9.17, 15) is 0 Å². The molecular formula is C14H18ClNO3. The van der Waals surface area contributed by atoms with Gasteiger partial charge in [0, 0.05) is 6.54 Å². The van der Waals surface area contributed by atoms with E-state index in [2.05, 4.69) is 5.32 Å². The lowest BCUT2D eigenvalue weighted by Crippen LogP contribution is -2.12. The summed E-state index contributed by atoms with van der Waals surface area (Å²) in [6.07, 6.45) is 1.67. The second kappa shape index (κ2) is 8.58. The summed E-state index contributed by atoms with van der Waals surface area (Å²) in [5, 5.41) is 11.9. The van der Waals surface area contributed by atoms with Gasteiger partial charge in [0.25, 0.3) is 0 Å². The molecule has 0 radical (unpaired) electrons. The van der Waals surface area contributed by atoms with Gasteiger partial charge >= 0.3 is 0 Å². The zero-order chi connectivity index (χ0) is 12.6. The molecule has 0 spiro atoms. The van der Waals surface area contributed by atoms with Gasteiger partial charge in [-0.1, -0.05) is 12.1 Å². The Hall–Kier alpha value is -1.49. The molecule has 0 saturated carbocycles. The molecule has 2 aromatic rings. The second-order valence-electron chi connectivity index (χ2n) is 3.90. The zero-order valence-corrected chi connectivity index (χ0v) is 11.4. The lowest BCUT2D eigenvalue weighted by molar-refractivity contribution is 0.201. The highest BCUT2D eigenvalue weighted by Gasteiger charge is 1.97. The average molecular weight is 284 g/mol. The zero-order valence-electron chi connectivity index (χ0n) is 10.5. The van der Waals surface area contributed by atoms with Crippen molar-refractivity contribution in [1.82, 2.24) is 5.32 Å². The first kappa shape index (κ1) is 15.6. The Morgan fingerprint density at radius 1 is 1.11 bits per heavy atom. The van der Waals surface area contributed by atoms with E-state index in [0.717, 1.165) is 24.6 Å². The summed E-state index contributed by atoms with van der Waals surface area (Å²) >= 11 is 0. The van der Waals surface area contributed by atoms with Crippen molar-refractivity contribution in [2.75, 3.05) is 13.2 Å². The summed E-state index contributed by atoms with van der Waals surface area (Å²) < 4.78 is 10.5. The van der Waals surface area contributed by atoms with Gasteiger partial charge in [-0.05, 0) is 29.8 Å². The van der Waals surface area contributed by atoms with Crippen molar-refractivity contribution in [3.63, 3.8) is 0 Å². The lowest BCUT2D eigenvalue weighted by Gasteiger charge is -2.06. The molecule has 104 valence electrons.